The molecular formula is C18H27NO. The molecule has 1 aromatic carbocycles. The Morgan fingerprint density at radius 2 is 2.00 bits per heavy atom. The second-order valence-electron chi connectivity index (χ2n) is 5.22. The van der Waals surface area contributed by atoms with Crippen molar-refractivity contribution in [3.8, 4) is 5.75 Å². The van der Waals surface area contributed by atoms with E-state index in [2.05, 4.69) is 50.9 Å². The minimum absolute atomic E-state index is 0.549. The largest absolute Gasteiger partial charge is 0.490 e. The van der Waals surface area contributed by atoms with Gasteiger partial charge in [-0.25, -0.2) is 0 Å². The molecule has 0 heterocycles. The maximum atomic E-state index is 5.49. The average molecular weight is 273 g/mol. The van der Waals surface area contributed by atoms with Crippen LogP contribution >= 0.6 is 0 Å². The zero-order valence-electron chi connectivity index (χ0n) is 13.0. The minimum Gasteiger partial charge on any atom is -0.490 e. The molecule has 0 radical (unpaired) electrons. The SMILES string of the molecule is C=CCOc1ccc(C=C(CNCCC)C(C)C)cc1. The van der Waals surface area contributed by atoms with Crippen LogP contribution in [-0.2, 0) is 0 Å². The van der Waals surface area contributed by atoms with Crippen LogP contribution in [0.15, 0.2) is 42.5 Å². The Kier molecular flexibility index (Phi) is 7.74. The van der Waals surface area contributed by atoms with E-state index in [1.165, 1.54) is 17.6 Å². The number of rotatable bonds is 9. The van der Waals surface area contributed by atoms with Crippen molar-refractivity contribution in [3.63, 3.8) is 0 Å². The molecule has 0 bridgehead atoms. The lowest BCUT2D eigenvalue weighted by Gasteiger charge is -2.13. The van der Waals surface area contributed by atoms with Crippen LogP contribution < -0.4 is 10.1 Å². The third-order valence-electron chi connectivity index (χ3n) is 3.10. The van der Waals surface area contributed by atoms with E-state index in [-0.39, 0.29) is 0 Å². The third-order valence-corrected chi connectivity index (χ3v) is 3.10. The number of ether oxygens (including phenoxy) is 1. The first-order valence-corrected chi connectivity index (χ1v) is 7.42. The normalized spacial score (nSPS) is 11.7. The van der Waals surface area contributed by atoms with Crippen molar-refractivity contribution < 1.29 is 4.74 Å². The predicted molar refractivity (Wildman–Crippen MR) is 88.1 cm³/mol. The molecule has 0 saturated heterocycles. The first-order valence-electron chi connectivity index (χ1n) is 7.42. The lowest BCUT2D eigenvalue weighted by Crippen LogP contribution is -2.19. The fourth-order valence-corrected chi connectivity index (χ4v) is 1.86. The van der Waals surface area contributed by atoms with Gasteiger partial charge < -0.3 is 10.1 Å². The summed E-state index contributed by atoms with van der Waals surface area (Å²) in [6.45, 7) is 12.9. The van der Waals surface area contributed by atoms with Crippen molar-refractivity contribution in [3.05, 3.63) is 48.1 Å². The van der Waals surface area contributed by atoms with E-state index in [9.17, 15) is 0 Å². The topological polar surface area (TPSA) is 21.3 Å². The summed E-state index contributed by atoms with van der Waals surface area (Å²) in [7, 11) is 0. The molecule has 0 aliphatic carbocycles. The number of nitrogens with one attached hydrogen (secondary N) is 1. The standard InChI is InChI=1S/C18H27NO/c1-5-11-19-14-17(15(3)4)13-16-7-9-18(10-8-16)20-12-6-2/h6-10,13,15,19H,2,5,11-12,14H2,1,3-4H3. The van der Waals surface area contributed by atoms with Gasteiger partial charge in [-0.15, -0.1) is 0 Å². The maximum Gasteiger partial charge on any atom is 0.119 e. The Bertz CT molecular complexity index is 418. The van der Waals surface area contributed by atoms with Crippen molar-refractivity contribution in [1.29, 1.82) is 0 Å². The Morgan fingerprint density at radius 1 is 1.30 bits per heavy atom. The smallest absolute Gasteiger partial charge is 0.119 e. The van der Waals surface area contributed by atoms with Crippen molar-refractivity contribution in [1.82, 2.24) is 5.32 Å². The summed E-state index contributed by atoms with van der Waals surface area (Å²) in [5.41, 5.74) is 2.65. The summed E-state index contributed by atoms with van der Waals surface area (Å²) in [6.07, 6.45) is 5.19. The van der Waals surface area contributed by atoms with Gasteiger partial charge in [-0.3, -0.25) is 0 Å². The summed E-state index contributed by atoms with van der Waals surface area (Å²) < 4.78 is 5.49. The summed E-state index contributed by atoms with van der Waals surface area (Å²) >= 11 is 0. The van der Waals surface area contributed by atoms with E-state index in [4.69, 9.17) is 4.74 Å². The molecule has 2 heteroatoms. The van der Waals surface area contributed by atoms with Gasteiger partial charge in [0.15, 0.2) is 0 Å². The molecular weight excluding hydrogens is 246 g/mol. The fraction of sp³-hybridized carbons (Fsp3) is 0.444. The van der Waals surface area contributed by atoms with Crippen LogP contribution in [0.4, 0.5) is 0 Å². The molecule has 0 fully saturated rings. The van der Waals surface area contributed by atoms with Crippen molar-refractivity contribution in [2.45, 2.75) is 27.2 Å². The van der Waals surface area contributed by atoms with Crippen LogP contribution in [0.2, 0.25) is 0 Å². The quantitative estimate of drug-likeness (QED) is 0.535. The first-order chi connectivity index (χ1) is 9.67. The summed E-state index contributed by atoms with van der Waals surface area (Å²) in [6, 6.07) is 8.21. The van der Waals surface area contributed by atoms with Crippen LogP contribution in [0.25, 0.3) is 6.08 Å². The molecule has 0 saturated carbocycles. The lowest BCUT2D eigenvalue weighted by atomic mass is 10.00. The van der Waals surface area contributed by atoms with Crippen LogP contribution in [-0.4, -0.2) is 19.7 Å². The van der Waals surface area contributed by atoms with Gasteiger partial charge in [-0.2, -0.15) is 0 Å². The molecule has 0 unspecified atom stereocenters. The highest BCUT2D eigenvalue weighted by molar-refractivity contribution is 5.54. The van der Waals surface area contributed by atoms with Gasteiger partial charge in [0.05, 0.1) is 0 Å². The second kappa shape index (κ2) is 9.38. The number of hydrogen-bond donors (Lipinski definition) is 1. The van der Waals surface area contributed by atoms with Gasteiger partial charge in [0.1, 0.15) is 12.4 Å². The van der Waals surface area contributed by atoms with Gasteiger partial charge in [-0.1, -0.05) is 57.2 Å². The lowest BCUT2D eigenvalue weighted by molar-refractivity contribution is 0.363. The van der Waals surface area contributed by atoms with Gasteiger partial charge in [0, 0.05) is 6.54 Å². The van der Waals surface area contributed by atoms with Crippen molar-refractivity contribution >= 4 is 6.08 Å². The van der Waals surface area contributed by atoms with E-state index in [0.717, 1.165) is 18.8 Å². The fourth-order valence-electron chi connectivity index (χ4n) is 1.86. The Labute approximate surface area is 123 Å². The molecule has 2 nitrogen and oxygen atoms in total. The monoisotopic (exact) mass is 273 g/mol. The van der Waals surface area contributed by atoms with Gasteiger partial charge >= 0.3 is 0 Å². The minimum atomic E-state index is 0.549. The molecule has 0 spiro atoms. The van der Waals surface area contributed by atoms with Crippen molar-refractivity contribution in [2.24, 2.45) is 5.92 Å². The van der Waals surface area contributed by atoms with E-state index < -0.39 is 0 Å². The van der Waals surface area contributed by atoms with Gasteiger partial charge in [-0.05, 0) is 36.6 Å². The Hall–Kier alpha value is -1.54. The Morgan fingerprint density at radius 3 is 2.55 bits per heavy atom. The van der Waals surface area contributed by atoms with Crippen LogP contribution in [0.3, 0.4) is 0 Å². The van der Waals surface area contributed by atoms with Gasteiger partial charge in [0.2, 0.25) is 0 Å². The molecule has 20 heavy (non-hydrogen) atoms. The second-order valence-corrected chi connectivity index (χ2v) is 5.22. The maximum absolute atomic E-state index is 5.49. The van der Waals surface area contributed by atoms with E-state index in [0.29, 0.717) is 12.5 Å². The molecule has 0 atom stereocenters. The summed E-state index contributed by atoms with van der Waals surface area (Å²) in [5.74, 6) is 1.44. The molecule has 0 aliphatic rings. The zero-order chi connectivity index (χ0) is 14.8. The molecule has 1 N–H and O–H groups in total. The molecule has 0 aromatic heterocycles. The predicted octanol–water partition coefficient (Wildman–Crippen LogP) is 4.29. The highest BCUT2D eigenvalue weighted by Gasteiger charge is 2.03. The third kappa shape index (κ3) is 6.07. The van der Waals surface area contributed by atoms with E-state index in [1.54, 1.807) is 6.08 Å². The van der Waals surface area contributed by atoms with Crippen LogP contribution in [0.1, 0.15) is 32.8 Å². The Balaban J connectivity index is 2.69. The molecule has 1 aromatic rings. The average Bonchev–Trinajstić information content (AvgIpc) is 2.45. The van der Waals surface area contributed by atoms with Crippen LogP contribution in [0.5, 0.6) is 5.75 Å². The summed E-state index contributed by atoms with van der Waals surface area (Å²) in [5, 5.41) is 3.47. The first kappa shape index (κ1) is 16.5. The molecule has 1 rings (SSSR count). The summed E-state index contributed by atoms with van der Waals surface area (Å²) in [4.78, 5) is 0. The zero-order valence-corrected chi connectivity index (χ0v) is 13.0. The molecule has 0 amide bonds. The van der Waals surface area contributed by atoms with Gasteiger partial charge in [0.25, 0.3) is 0 Å². The molecule has 110 valence electrons. The van der Waals surface area contributed by atoms with Crippen LogP contribution in [0, 0.1) is 5.92 Å². The van der Waals surface area contributed by atoms with E-state index in [1.807, 2.05) is 12.1 Å². The highest BCUT2D eigenvalue weighted by Crippen LogP contribution is 2.17. The number of hydrogen-bond acceptors (Lipinski definition) is 2. The number of benzene rings is 1. The molecule has 0 aliphatic heterocycles. The van der Waals surface area contributed by atoms with Crippen molar-refractivity contribution in [2.75, 3.05) is 19.7 Å². The van der Waals surface area contributed by atoms with E-state index >= 15 is 0 Å². The highest BCUT2D eigenvalue weighted by atomic mass is 16.5.